The van der Waals surface area contributed by atoms with Crippen LogP contribution in [0.25, 0.3) is 0 Å². The molecule has 3 aliphatic rings. The van der Waals surface area contributed by atoms with E-state index in [1.165, 1.54) is 0 Å². The molecule has 3 unspecified atom stereocenters. The Morgan fingerprint density at radius 2 is 1.78 bits per heavy atom. The number of nitrogens with one attached hydrogen (secondary N) is 1. The fourth-order valence-electron chi connectivity index (χ4n) is 6.29. The zero-order valence-corrected chi connectivity index (χ0v) is 21.9. The number of hydrogen-bond acceptors (Lipinski definition) is 4. The Kier molecular flexibility index (Phi) is 6.01. The molecule has 1 aromatic heterocycles. The van der Waals surface area contributed by atoms with E-state index in [1.807, 2.05) is 37.3 Å². The number of benzene rings is 1. The molecule has 1 aromatic carbocycles. The standard InChI is InChI=1S/C29H41F2N5O/c1-19(2)27-34-33-20(3)36(27)25-17-23-9-10-24(18-25)35(23)16-13-26(21-7-5-4-6-8-21)32-28(37)22-11-14-29(30,31)15-12-22/h4-8,19,22-26H,9-18H2,1-3H3,(H,32,37)/i11D2,12D2,22D. The predicted octanol–water partition coefficient (Wildman–Crippen LogP) is 5.95. The molecule has 2 aromatic rings. The second kappa shape index (κ2) is 10.8. The lowest BCUT2D eigenvalue weighted by Crippen LogP contribution is -2.45. The Hall–Kier alpha value is -2.35. The zero-order chi connectivity index (χ0) is 30.7. The SMILES string of the molecule is [2H]C1([2H])CC(F)(F)CC([2H])([2H])C1([2H])C(=O)NC(CCN1C2CCC1CC(n1c(C)nnc1C(C)C)C2)c1ccccc1. The van der Waals surface area contributed by atoms with Crippen LogP contribution in [0.1, 0.15) is 114 Å². The molecule has 2 aliphatic heterocycles. The van der Waals surface area contributed by atoms with Crippen molar-refractivity contribution in [2.45, 2.75) is 114 Å². The molecule has 6 nitrogen and oxygen atoms in total. The molecular weight excluding hydrogens is 472 g/mol. The van der Waals surface area contributed by atoms with E-state index in [0.717, 1.165) is 42.9 Å². The largest absolute Gasteiger partial charge is 0.349 e. The quantitative estimate of drug-likeness (QED) is 0.469. The Balaban J connectivity index is 1.33. The molecule has 202 valence electrons. The number of aromatic nitrogens is 3. The molecular formula is C29H41F2N5O. The van der Waals surface area contributed by atoms with Crippen molar-refractivity contribution in [3.8, 4) is 0 Å². The number of carbonyl (C=O) groups excluding carboxylic acids is 1. The van der Waals surface area contributed by atoms with Crippen molar-refractivity contribution in [1.29, 1.82) is 0 Å². The molecule has 1 N–H and O–H groups in total. The lowest BCUT2D eigenvalue weighted by Gasteiger charge is -2.40. The number of rotatable bonds is 8. The second-order valence-corrected chi connectivity index (χ2v) is 11.0. The van der Waals surface area contributed by atoms with Crippen LogP contribution in [0.2, 0.25) is 0 Å². The van der Waals surface area contributed by atoms with Crippen molar-refractivity contribution in [2.75, 3.05) is 6.54 Å². The molecule has 1 saturated carbocycles. The Morgan fingerprint density at radius 1 is 1.14 bits per heavy atom. The third-order valence-electron chi connectivity index (χ3n) is 8.09. The van der Waals surface area contributed by atoms with Gasteiger partial charge in [-0.1, -0.05) is 44.2 Å². The molecule has 1 aliphatic carbocycles. The van der Waals surface area contributed by atoms with E-state index in [-0.39, 0.29) is 5.92 Å². The lowest BCUT2D eigenvalue weighted by atomic mass is 9.86. The van der Waals surface area contributed by atoms with Gasteiger partial charge in [0.15, 0.2) is 0 Å². The molecule has 2 bridgehead atoms. The topological polar surface area (TPSA) is 63.1 Å². The van der Waals surface area contributed by atoms with Crippen LogP contribution in [0, 0.1) is 12.8 Å². The number of amides is 1. The van der Waals surface area contributed by atoms with Crippen molar-refractivity contribution in [1.82, 2.24) is 25.0 Å². The minimum atomic E-state index is -3.65. The fourth-order valence-corrected chi connectivity index (χ4v) is 6.29. The van der Waals surface area contributed by atoms with Gasteiger partial charge in [0.1, 0.15) is 11.6 Å². The van der Waals surface area contributed by atoms with Crippen molar-refractivity contribution in [3.05, 3.63) is 47.5 Å². The van der Waals surface area contributed by atoms with Crippen molar-refractivity contribution in [2.24, 2.45) is 5.89 Å². The summed E-state index contributed by atoms with van der Waals surface area (Å²) in [5.41, 5.74) is 0.737. The van der Waals surface area contributed by atoms with E-state index in [4.69, 9.17) is 6.85 Å². The summed E-state index contributed by atoms with van der Waals surface area (Å²) in [5, 5.41) is 11.5. The fraction of sp³-hybridized carbons (Fsp3) is 0.690. The number of alkyl halides is 2. The monoisotopic (exact) mass is 518 g/mol. The first-order valence-corrected chi connectivity index (χ1v) is 13.5. The number of piperidine rings is 1. The molecule has 3 heterocycles. The maximum atomic E-state index is 14.2. The van der Waals surface area contributed by atoms with E-state index in [0.29, 0.717) is 31.1 Å². The average Bonchev–Trinajstić information content (AvgIpc) is 3.39. The first-order chi connectivity index (χ1) is 19.6. The van der Waals surface area contributed by atoms with Crippen LogP contribution in [0.5, 0.6) is 0 Å². The predicted molar refractivity (Wildman–Crippen MR) is 139 cm³/mol. The molecule has 0 radical (unpaired) electrons. The van der Waals surface area contributed by atoms with Gasteiger partial charge in [-0.3, -0.25) is 9.69 Å². The maximum Gasteiger partial charge on any atom is 0.248 e. The van der Waals surface area contributed by atoms with Gasteiger partial charge in [0, 0.05) is 56.2 Å². The van der Waals surface area contributed by atoms with Gasteiger partial charge in [-0.15, -0.1) is 10.2 Å². The smallest absolute Gasteiger partial charge is 0.248 e. The number of hydrogen-bond donors (Lipinski definition) is 1. The summed E-state index contributed by atoms with van der Waals surface area (Å²) in [6.45, 7) is 6.89. The molecule has 5 rings (SSSR count). The summed E-state index contributed by atoms with van der Waals surface area (Å²) in [6, 6.07) is 9.46. The van der Waals surface area contributed by atoms with Gasteiger partial charge in [-0.25, -0.2) is 8.78 Å². The maximum absolute atomic E-state index is 14.2. The van der Waals surface area contributed by atoms with E-state index < -0.39 is 49.4 Å². The molecule has 0 spiro atoms. The van der Waals surface area contributed by atoms with Gasteiger partial charge < -0.3 is 9.88 Å². The van der Waals surface area contributed by atoms with Crippen molar-refractivity contribution >= 4 is 5.91 Å². The number of carbonyl (C=O) groups is 1. The zero-order valence-electron chi connectivity index (χ0n) is 26.9. The minimum absolute atomic E-state index is 0.269. The summed E-state index contributed by atoms with van der Waals surface area (Å²) in [5.74, 6) is -5.69. The second-order valence-electron chi connectivity index (χ2n) is 11.0. The van der Waals surface area contributed by atoms with E-state index >= 15 is 0 Å². The van der Waals surface area contributed by atoms with Crippen LogP contribution in [0.4, 0.5) is 8.78 Å². The van der Waals surface area contributed by atoms with Gasteiger partial charge in [-0.2, -0.15) is 0 Å². The van der Waals surface area contributed by atoms with Gasteiger partial charge in [-0.05, 0) is 57.3 Å². The normalized spacial score (nSPS) is 32.5. The van der Waals surface area contributed by atoms with E-state index in [9.17, 15) is 13.6 Å². The third kappa shape index (κ3) is 5.74. The summed E-state index contributed by atoms with van der Waals surface area (Å²) in [4.78, 5) is 16.1. The number of aryl methyl sites for hydroxylation is 1. The van der Waals surface area contributed by atoms with Gasteiger partial charge in [0.2, 0.25) is 11.8 Å². The van der Waals surface area contributed by atoms with Crippen LogP contribution in [-0.2, 0) is 4.79 Å². The summed E-state index contributed by atoms with van der Waals surface area (Å²) in [6.07, 6.45) is -4.40. The van der Waals surface area contributed by atoms with Crippen molar-refractivity contribution < 1.29 is 20.4 Å². The van der Waals surface area contributed by atoms with Gasteiger partial charge in [0.05, 0.1) is 6.04 Å². The Labute approximate surface area is 226 Å². The first-order valence-electron chi connectivity index (χ1n) is 16.0. The summed E-state index contributed by atoms with van der Waals surface area (Å²) >= 11 is 0. The molecule has 3 atom stereocenters. The molecule has 3 fully saturated rings. The highest BCUT2D eigenvalue weighted by molar-refractivity contribution is 5.79. The number of halogens is 2. The number of nitrogens with zero attached hydrogens (tertiary/aromatic N) is 4. The van der Waals surface area contributed by atoms with E-state index in [1.54, 1.807) is 0 Å². The summed E-state index contributed by atoms with van der Waals surface area (Å²) in [7, 11) is 0. The van der Waals surface area contributed by atoms with Crippen LogP contribution in [0.3, 0.4) is 0 Å². The summed E-state index contributed by atoms with van der Waals surface area (Å²) < 4.78 is 72.3. The lowest BCUT2D eigenvalue weighted by molar-refractivity contribution is -0.130. The minimum Gasteiger partial charge on any atom is -0.349 e. The molecule has 2 saturated heterocycles. The average molecular weight is 519 g/mol. The Morgan fingerprint density at radius 3 is 2.41 bits per heavy atom. The van der Waals surface area contributed by atoms with Crippen LogP contribution >= 0.6 is 0 Å². The first kappa shape index (κ1) is 20.6. The van der Waals surface area contributed by atoms with Gasteiger partial charge >= 0.3 is 0 Å². The van der Waals surface area contributed by atoms with Crippen LogP contribution in [0.15, 0.2) is 30.3 Å². The van der Waals surface area contributed by atoms with Crippen LogP contribution in [-0.4, -0.2) is 50.1 Å². The highest BCUT2D eigenvalue weighted by Crippen LogP contribution is 2.42. The molecule has 1 amide bonds. The number of fused-ring (bicyclic) bond motifs is 2. The molecule has 8 heteroatoms. The van der Waals surface area contributed by atoms with Gasteiger partial charge in [0.25, 0.3) is 0 Å². The van der Waals surface area contributed by atoms with Crippen LogP contribution < -0.4 is 5.32 Å². The Bertz CT molecular complexity index is 1260. The highest BCUT2D eigenvalue weighted by atomic mass is 19.3. The molecule has 37 heavy (non-hydrogen) atoms. The van der Waals surface area contributed by atoms with E-state index in [2.05, 4.69) is 38.8 Å². The third-order valence-corrected chi connectivity index (χ3v) is 8.09. The highest BCUT2D eigenvalue weighted by Gasteiger charge is 2.42. The van der Waals surface area contributed by atoms with Crippen molar-refractivity contribution in [3.63, 3.8) is 0 Å².